The van der Waals surface area contributed by atoms with Crippen LogP contribution in [0.25, 0.3) is 0 Å². The lowest BCUT2D eigenvalue weighted by Crippen LogP contribution is -2.52. The van der Waals surface area contributed by atoms with Crippen LogP contribution in [-0.4, -0.2) is 35.9 Å². The van der Waals surface area contributed by atoms with Gasteiger partial charge in [0, 0.05) is 19.5 Å². The van der Waals surface area contributed by atoms with Gasteiger partial charge in [0.05, 0.1) is 4.47 Å². The van der Waals surface area contributed by atoms with E-state index >= 15 is 0 Å². The molecule has 1 N–H and O–H groups in total. The molecule has 0 spiro atoms. The normalized spacial score (nSPS) is 11.9. The summed E-state index contributed by atoms with van der Waals surface area (Å²) in [6.07, 6.45) is 0.412. The van der Waals surface area contributed by atoms with Crippen molar-refractivity contribution in [2.75, 3.05) is 13.2 Å². The number of nitrogens with zero attached hydrogens (tertiary/aromatic N) is 1. The second kappa shape index (κ2) is 14.1. The number of carbonyl (C=O) groups is 2. The summed E-state index contributed by atoms with van der Waals surface area (Å²) >= 11 is 3.58. The van der Waals surface area contributed by atoms with Gasteiger partial charge in [0.25, 0.3) is 5.91 Å². The molecule has 6 heteroatoms. The van der Waals surface area contributed by atoms with Crippen molar-refractivity contribution in [1.29, 1.82) is 0 Å². The van der Waals surface area contributed by atoms with Gasteiger partial charge >= 0.3 is 0 Å². The first-order chi connectivity index (χ1) is 18.1. The SMILES string of the molecule is Cc1ccc(CN(C(=O)COc2ccc(C(C)C)cc2Br)C(Cc2ccccc2)C(=O)NCC(C)C)cc1. The molecule has 202 valence electrons. The predicted octanol–water partition coefficient (Wildman–Crippen LogP) is 6.67. The zero-order chi connectivity index (χ0) is 27.7. The van der Waals surface area contributed by atoms with Crippen LogP contribution < -0.4 is 10.1 Å². The number of aryl methyl sites for hydroxylation is 1. The second-order valence-electron chi connectivity index (χ2n) is 10.5. The van der Waals surface area contributed by atoms with Crippen LogP contribution in [0.2, 0.25) is 0 Å². The minimum Gasteiger partial charge on any atom is -0.483 e. The van der Waals surface area contributed by atoms with E-state index < -0.39 is 6.04 Å². The number of amides is 2. The zero-order valence-electron chi connectivity index (χ0n) is 23.0. The fourth-order valence-electron chi connectivity index (χ4n) is 4.08. The number of benzene rings is 3. The third kappa shape index (κ3) is 8.73. The smallest absolute Gasteiger partial charge is 0.261 e. The van der Waals surface area contributed by atoms with Gasteiger partial charge in [-0.1, -0.05) is 93.9 Å². The molecule has 1 unspecified atom stereocenters. The Labute approximate surface area is 235 Å². The monoisotopic (exact) mass is 578 g/mol. The number of rotatable bonds is 12. The van der Waals surface area contributed by atoms with Gasteiger partial charge in [-0.05, 0) is 63.5 Å². The van der Waals surface area contributed by atoms with Crippen LogP contribution in [0.3, 0.4) is 0 Å². The fraction of sp³-hybridized carbons (Fsp3) is 0.375. The van der Waals surface area contributed by atoms with Gasteiger partial charge in [-0.15, -0.1) is 0 Å². The summed E-state index contributed by atoms with van der Waals surface area (Å²) in [6, 6.07) is 23.1. The molecule has 1 atom stereocenters. The van der Waals surface area contributed by atoms with Crippen LogP contribution in [0.15, 0.2) is 77.3 Å². The number of hydrogen-bond acceptors (Lipinski definition) is 3. The molecule has 0 aliphatic carbocycles. The molecule has 0 heterocycles. The van der Waals surface area contributed by atoms with Gasteiger partial charge in [0.15, 0.2) is 6.61 Å². The molecule has 0 radical (unpaired) electrons. The number of halogens is 1. The Morgan fingerprint density at radius 1 is 0.921 bits per heavy atom. The van der Waals surface area contributed by atoms with E-state index in [9.17, 15) is 9.59 Å². The largest absolute Gasteiger partial charge is 0.483 e. The number of hydrogen-bond donors (Lipinski definition) is 1. The predicted molar refractivity (Wildman–Crippen MR) is 157 cm³/mol. The van der Waals surface area contributed by atoms with Crippen molar-refractivity contribution in [2.24, 2.45) is 5.92 Å². The van der Waals surface area contributed by atoms with Gasteiger partial charge in [0.1, 0.15) is 11.8 Å². The molecule has 38 heavy (non-hydrogen) atoms. The van der Waals surface area contributed by atoms with Crippen molar-refractivity contribution in [3.05, 3.63) is 99.5 Å². The molecule has 0 bridgehead atoms. The minimum atomic E-state index is -0.680. The molecule has 0 saturated carbocycles. The molecule has 0 fully saturated rings. The van der Waals surface area contributed by atoms with Crippen molar-refractivity contribution in [3.8, 4) is 5.75 Å². The molecule has 2 amide bonds. The lowest BCUT2D eigenvalue weighted by molar-refractivity contribution is -0.142. The van der Waals surface area contributed by atoms with Crippen molar-refractivity contribution in [1.82, 2.24) is 10.2 Å². The quantitative estimate of drug-likeness (QED) is 0.261. The minimum absolute atomic E-state index is 0.162. The molecule has 3 aromatic rings. The van der Waals surface area contributed by atoms with E-state index in [1.54, 1.807) is 4.90 Å². The second-order valence-corrected chi connectivity index (χ2v) is 11.3. The number of nitrogens with one attached hydrogen (secondary N) is 1. The van der Waals surface area contributed by atoms with Crippen LogP contribution in [0.5, 0.6) is 5.75 Å². The first kappa shape index (κ1) is 29.4. The number of ether oxygens (including phenoxy) is 1. The lowest BCUT2D eigenvalue weighted by atomic mass is 10.0. The Balaban J connectivity index is 1.89. The lowest BCUT2D eigenvalue weighted by Gasteiger charge is -2.32. The first-order valence-corrected chi connectivity index (χ1v) is 14.0. The molecule has 0 aliphatic rings. The summed E-state index contributed by atoms with van der Waals surface area (Å²) in [5.74, 6) is 0.876. The molecular formula is C32H39BrN2O3. The van der Waals surface area contributed by atoms with Crippen molar-refractivity contribution in [3.63, 3.8) is 0 Å². The Hall–Kier alpha value is -3.12. The van der Waals surface area contributed by atoms with Crippen molar-refractivity contribution >= 4 is 27.7 Å². The van der Waals surface area contributed by atoms with E-state index in [1.807, 2.05) is 79.7 Å². The van der Waals surface area contributed by atoms with Crippen LogP contribution in [-0.2, 0) is 22.6 Å². The van der Waals surface area contributed by atoms with E-state index in [0.717, 1.165) is 21.2 Å². The summed E-state index contributed by atoms with van der Waals surface area (Å²) in [6.45, 7) is 11.1. The maximum absolute atomic E-state index is 13.8. The molecule has 3 aromatic carbocycles. The molecule has 0 saturated heterocycles. The summed E-state index contributed by atoms with van der Waals surface area (Å²) in [5.41, 5.74) is 4.27. The van der Waals surface area contributed by atoms with E-state index in [4.69, 9.17) is 4.74 Å². The first-order valence-electron chi connectivity index (χ1n) is 13.2. The van der Waals surface area contributed by atoms with E-state index in [2.05, 4.69) is 48.9 Å². The van der Waals surface area contributed by atoms with E-state index in [-0.39, 0.29) is 18.4 Å². The van der Waals surface area contributed by atoms with Crippen LogP contribution in [0.1, 0.15) is 55.9 Å². The Morgan fingerprint density at radius 2 is 1.61 bits per heavy atom. The highest BCUT2D eigenvalue weighted by molar-refractivity contribution is 9.10. The standard InChI is InChI=1S/C32H39BrN2O3/c1-22(2)19-34-32(37)29(17-25-9-7-6-8-10-25)35(20-26-13-11-24(5)12-14-26)31(36)21-38-30-16-15-27(23(3)4)18-28(30)33/h6-16,18,22-23,29H,17,19-21H2,1-5H3,(H,34,37). The topological polar surface area (TPSA) is 58.6 Å². The number of carbonyl (C=O) groups excluding carboxylic acids is 2. The van der Waals surface area contributed by atoms with E-state index in [0.29, 0.717) is 37.1 Å². The summed E-state index contributed by atoms with van der Waals surface area (Å²) in [4.78, 5) is 28.9. The summed E-state index contributed by atoms with van der Waals surface area (Å²) < 4.78 is 6.78. The van der Waals surface area contributed by atoms with Crippen LogP contribution >= 0.6 is 15.9 Å². The summed E-state index contributed by atoms with van der Waals surface area (Å²) in [7, 11) is 0. The fourth-order valence-corrected chi connectivity index (χ4v) is 4.59. The highest BCUT2D eigenvalue weighted by Gasteiger charge is 2.31. The highest BCUT2D eigenvalue weighted by atomic mass is 79.9. The van der Waals surface area contributed by atoms with E-state index in [1.165, 1.54) is 5.56 Å². The van der Waals surface area contributed by atoms with Gasteiger partial charge in [-0.25, -0.2) is 0 Å². The molecule has 0 aromatic heterocycles. The van der Waals surface area contributed by atoms with Crippen LogP contribution in [0.4, 0.5) is 0 Å². The van der Waals surface area contributed by atoms with Crippen molar-refractivity contribution in [2.45, 2.75) is 59.5 Å². The highest BCUT2D eigenvalue weighted by Crippen LogP contribution is 2.29. The maximum atomic E-state index is 13.8. The van der Waals surface area contributed by atoms with Crippen LogP contribution in [0, 0.1) is 12.8 Å². The molecule has 3 rings (SSSR count). The van der Waals surface area contributed by atoms with Gasteiger partial charge in [0.2, 0.25) is 5.91 Å². The van der Waals surface area contributed by atoms with Gasteiger partial charge in [-0.2, -0.15) is 0 Å². The summed E-state index contributed by atoms with van der Waals surface area (Å²) in [5, 5.41) is 3.05. The maximum Gasteiger partial charge on any atom is 0.261 e. The Kier molecular flexibility index (Phi) is 11.0. The average Bonchev–Trinajstić information content (AvgIpc) is 2.90. The third-order valence-electron chi connectivity index (χ3n) is 6.40. The zero-order valence-corrected chi connectivity index (χ0v) is 24.6. The third-order valence-corrected chi connectivity index (χ3v) is 7.02. The molecular weight excluding hydrogens is 540 g/mol. The van der Waals surface area contributed by atoms with Gasteiger partial charge < -0.3 is 15.0 Å². The molecule has 0 aliphatic heterocycles. The van der Waals surface area contributed by atoms with Crippen molar-refractivity contribution < 1.29 is 14.3 Å². The molecule has 5 nitrogen and oxygen atoms in total. The Bertz CT molecular complexity index is 1190. The Morgan fingerprint density at radius 3 is 2.21 bits per heavy atom. The van der Waals surface area contributed by atoms with Gasteiger partial charge in [-0.3, -0.25) is 9.59 Å². The average molecular weight is 580 g/mol.